The number of hydrogen-bond acceptors (Lipinski definition) is 5. The number of Topliss-reactive ketones (excluding diaryl/α,β-unsaturated/α-hetero) is 1. The van der Waals surface area contributed by atoms with Gasteiger partial charge >= 0.3 is 11.8 Å². The summed E-state index contributed by atoms with van der Waals surface area (Å²) in [6, 6.07) is 36.6. The highest BCUT2D eigenvalue weighted by molar-refractivity contribution is 7.95. The summed E-state index contributed by atoms with van der Waals surface area (Å²) in [6.07, 6.45) is 0.738. The Morgan fingerprint density at radius 2 is 0.897 bits per heavy atom. The van der Waals surface area contributed by atoms with Crippen LogP contribution in [0.5, 0.6) is 0 Å². The summed E-state index contributed by atoms with van der Waals surface area (Å²) in [4.78, 5) is 50.6. The number of amides is 2. The van der Waals surface area contributed by atoms with Crippen LogP contribution in [0.3, 0.4) is 0 Å². The first-order chi connectivity index (χ1) is 18.9. The SMILES string of the molecule is O=C(C=P(c1ccccc1)(c1ccccc1)c1ccccc1)C(=O)NNC(=O)C(=O)/C=C(\O)c1ccccc1. The second-order valence-electron chi connectivity index (χ2n) is 8.39. The van der Waals surface area contributed by atoms with E-state index >= 15 is 0 Å². The van der Waals surface area contributed by atoms with E-state index in [0.29, 0.717) is 5.56 Å². The molecule has 0 atom stereocenters. The van der Waals surface area contributed by atoms with E-state index in [4.69, 9.17) is 0 Å². The zero-order valence-corrected chi connectivity index (χ0v) is 21.6. The highest BCUT2D eigenvalue weighted by atomic mass is 31.2. The third-order valence-corrected chi connectivity index (χ3v) is 9.84. The predicted octanol–water partition coefficient (Wildman–Crippen LogP) is 2.67. The van der Waals surface area contributed by atoms with E-state index in [2.05, 4.69) is 0 Å². The van der Waals surface area contributed by atoms with Gasteiger partial charge in [0, 0.05) is 17.4 Å². The molecule has 4 aromatic carbocycles. The van der Waals surface area contributed by atoms with Crippen molar-refractivity contribution in [3.8, 4) is 0 Å². The number of hydrazine groups is 1. The molecule has 0 saturated carbocycles. The zero-order chi connectivity index (χ0) is 27.7. The molecule has 2 amide bonds. The van der Waals surface area contributed by atoms with Crippen molar-refractivity contribution in [3.63, 3.8) is 0 Å². The first-order valence-electron chi connectivity index (χ1n) is 12.0. The number of carbonyl (C=O) groups excluding carboxylic acids is 4. The fourth-order valence-corrected chi connectivity index (χ4v) is 7.75. The van der Waals surface area contributed by atoms with E-state index < -0.39 is 36.0 Å². The molecule has 8 heteroatoms. The van der Waals surface area contributed by atoms with Gasteiger partial charge in [-0.25, -0.2) is 0 Å². The van der Waals surface area contributed by atoms with E-state index in [0.717, 1.165) is 22.0 Å². The quantitative estimate of drug-likeness (QED) is 0.105. The lowest BCUT2D eigenvalue weighted by molar-refractivity contribution is -0.139. The molecule has 0 aliphatic heterocycles. The zero-order valence-electron chi connectivity index (χ0n) is 20.7. The highest BCUT2D eigenvalue weighted by Crippen LogP contribution is 2.43. The molecule has 0 radical (unpaired) electrons. The van der Waals surface area contributed by atoms with Gasteiger partial charge in [-0.3, -0.25) is 30.0 Å². The van der Waals surface area contributed by atoms with Gasteiger partial charge in [0.2, 0.25) is 11.6 Å². The van der Waals surface area contributed by atoms with Crippen molar-refractivity contribution < 1.29 is 24.3 Å². The molecule has 0 spiro atoms. The molecule has 3 N–H and O–H groups in total. The minimum absolute atomic E-state index is 0.343. The molecule has 4 rings (SSSR count). The van der Waals surface area contributed by atoms with Gasteiger partial charge in [0.05, 0.1) is 0 Å². The average Bonchev–Trinajstić information content (AvgIpc) is 3.00. The molecule has 0 heterocycles. The van der Waals surface area contributed by atoms with E-state index in [1.165, 1.54) is 5.80 Å². The smallest absolute Gasteiger partial charge is 0.310 e. The van der Waals surface area contributed by atoms with Gasteiger partial charge in [0.1, 0.15) is 5.76 Å². The monoisotopic (exact) mass is 536 g/mol. The van der Waals surface area contributed by atoms with Gasteiger partial charge in [0.15, 0.2) is 0 Å². The van der Waals surface area contributed by atoms with Crippen LogP contribution in [0.2, 0.25) is 0 Å². The number of aliphatic hydroxyl groups is 1. The molecule has 0 aliphatic rings. The largest absolute Gasteiger partial charge is 0.507 e. The summed E-state index contributed by atoms with van der Waals surface area (Å²) >= 11 is 0. The summed E-state index contributed by atoms with van der Waals surface area (Å²) in [5.41, 5.74) is 4.32. The lowest BCUT2D eigenvalue weighted by Gasteiger charge is -2.28. The van der Waals surface area contributed by atoms with Crippen LogP contribution in [0, 0.1) is 0 Å². The van der Waals surface area contributed by atoms with Crippen molar-refractivity contribution >= 4 is 57.7 Å². The van der Waals surface area contributed by atoms with E-state index in [-0.39, 0.29) is 0 Å². The van der Waals surface area contributed by atoms with Gasteiger partial charge in [-0.15, -0.1) is 0 Å². The maximum absolute atomic E-state index is 13.3. The summed E-state index contributed by atoms with van der Waals surface area (Å²) in [7, 11) is 0. The van der Waals surface area contributed by atoms with Crippen LogP contribution >= 0.6 is 6.89 Å². The van der Waals surface area contributed by atoms with Crippen LogP contribution in [0.15, 0.2) is 127 Å². The number of hydrogen-bond donors (Lipinski definition) is 3. The Kier molecular flexibility index (Phi) is 8.67. The summed E-state index contributed by atoms with van der Waals surface area (Å²) in [5.74, 6) is -3.30. The van der Waals surface area contributed by atoms with Gasteiger partial charge in [-0.2, -0.15) is 0 Å². The minimum atomic E-state index is -2.74. The van der Waals surface area contributed by atoms with E-state index in [9.17, 15) is 24.3 Å². The van der Waals surface area contributed by atoms with E-state index in [1.54, 1.807) is 30.3 Å². The first kappa shape index (κ1) is 27.0. The second kappa shape index (κ2) is 12.5. The fraction of sp³-hybridized carbons (Fsp3) is 0. The lowest BCUT2D eigenvalue weighted by atomic mass is 10.1. The summed E-state index contributed by atoms with van der Waals surface area (Å²) in [6.45, 7) is -2.74. The Hall–Kier alpha value is -5.00. The van der Waals surface area contributed by atoms with Crippen LogP contribution in [0.1, 0.15) is 5.56 Å². The average molecular weight is 537 g/mol. The van der Waals surface area contributed by atoms with Gasteiger partial charge in [0.25, 0.3) is 0 Å². The van der Waals surface area contributed by atoms with Crippen LogP contribution in [-0.4, -0.2) is 34.3 Å². The third-order valence-electron chi connectivity index (χ3n) is 5.88. The number of nitrogens with one attached hydrogen (secondary N) is 2. The molecule has 7 nitrogen and oxygen atoms in total. The standard InChI is InChI=1S/C31H25N2O5P/c34-27(23-13-5-1-6-14-23)21-28(35)30(37)32-33-31(38)29(36)22-39(24-15-7-2-8-16-24,25-17-9-3-10-18-25)26-19-11-4-12-20-26/h1-22,34H,(H,32,37)(H,33,38)/b27-21-. The summed E-state index contributed by atoms with van der Waals surface area (Å²) < 4.78 is 0. The first-order valence-corrected chi connectivity index (χ1v) is 13.8. The molecule has 39 heavy (non-hydrogen) atoms. The van der Waals surface area contributed by atoms with Crippen molar-refractivity contribution in [2.45, 2.75) is 0 Å². The molecule has 4 aromatic rings. The Bertz CT molecular complexity index is 1470. The molecule has 0 aromatic heterocycles. The van der Waals surface area contributed by atoms with Crippen molar-refractivity contribution in [2.75, 3.05) is 0 Å². The Labute approximate surface area is 225 Å². The maximum Gasteiger partial charge on any atom is 0.310 e. The number of benzene rings is 4. The van der Waals surface area contributed by atoms with Crippen molar-refractivity contribution in [1.82, 2.24) is 10.9 Å². The number of ketones is 2. The van der Waals surface area contributed by atoms with Gasteiger partial charge in [-0.05, 0) is 22.8 Å². The van der Waals surface area contributed by atoms with Gasteiger partial charge in [-0.1, -0.05) is 121 Å². The summed E-state index contributed by atoms with van der Waals surface area (Å²) in [5, 5.41) is 12.7. The molecule has 0 saturated heterocycles. The Morgan fingerprint density at radius 1 is 0.538 bits per heavy atom. The predicted molar refractivity (Wildman–Crippen MR) is 155 cm³/mol. The van der Waals surface area contributed by atoms with Crippen molar-refractivity contribution in [1.29, 1.82) is 0 Å². The molecular weight excluding hydrogens is 511 g/mol. The van der Waals surface area contributed by atoms with E-state index in [1.807, 2.05) is 102 Å². The molecule has 0 bridgehead atoms. The van der Waals surface area contributed by atoms with Crippen molar-refractivity contribution in [3.05, 3.63) is 133 Å². The lowest BCUT2D eigenvalue weighted by Crippen LogP contribution is -2.47. The van der Waals surface area contributed by atoms with Crippen LogP contribution in [-0.2, 0) is 19.2 Å². The van der Waals surface area contributed by atoms with Gasteiger partial charge < -0.3 is 5.11 Å². The van der Waals surface area contributed by atoms with Crippen LogP contribution in [0.25, 0.3) is 5.76 Å². The topological polar surface area (TPSA) is 113 Å². The van der Waals surface area contributed by atoms with Crippen LogP contribution < -0.4 is 26.8 Å². The van der Waals surface area contributed by atoms with Crippen molar-refractivity contribution in [2.24, 2.45) is 0 Å². The molecular formula is C31H25N2O5P. The normalized spacial score (nSPS) is 11.2. The number of carbonyl (C=O) groups is 4. The maximum atomic E-state index is 13.3. The second-order valence-corrected chi connectivity index (χ2v) is 11.6. The highest BCUT2D eigenvalue weighted by Gasteiger charge is 2.28. The Morgan fingerprint density at radius 3 is 1.31 bits per heavy atom. The number of rotatable bonds is 8. The minimum Gasteiger partial charge on any atom is -0.507 e. The number of aliphatic hydroxyl groups excluding tert-OH is 1. The molecule has 0 fully saturated rings. The molecule has 0 unspecified atom stereocenters. The third kappa shape index (κ3) is 6.29. The molecule has 0 aliphatic carbocycles. The molecule has 194 valence electrons. The Balaban J connectivity index is 1.63. The van der Waals surface area contributed by atoms with Crippen LogP contribution in [0.4, 0.5) is 0 Å². The fourth-order valence-electron chi connectivity index (χ4n) is 4.01.